The summed E-state index contributed by atoms with van der Waals surface area (Å²) in [4.78, 5) is 17.1. The number of carbonyl (C=O) groups excluding carboxylic acids is 1. The highest BCUT2D eigenvalue weighted by molar-refractivity contribution is 7.98. The van der Waals surface area contributed by atoms with Gasteiger partial charge in [0.05, 0.1) is 14.2 Å². The van der Waals surface area contributed by atoms with E-state index in [1.165, 1.54) is 35.7 Å². The lowest BCUT2D eigenvalue weighted by molar-refractivity contribution is -0.116. The molecule has 0 aliphatic carbocycles. The Hall–Kier alpha value is -4.06. The highest BCUT2D eigenvalue weighted by Crippen LogP contribution is 2.36. The van der Waals surface area contributed by atoms with Gasteiger partial charge in [0.25, 0.3) is 5.89 Å². The van der Waals surface area contributed by atoms with E-state index in [4.69, 9.17) is 19.7 Å². The molecule has 3 N–H and O–H groups in total. The average Bonchev–Trinajstić information content (AvgIpc) is 3.45. The van der Waals surface area contributed by atoms with E-state index in [0.29, 0.717) is 39.2 Å². The number of aryl methyl sites for hydroxylation is 1. The van der Waals surface area contributed by atoms with Crippen molar-refractivity contribution in [3.05, 3.63) is 47.8 Å². The molecule has 0 fully saturated rings. The van der Waals surface area contributed by atoms with Crippen LogP contribution in [-0.2, 0) is 11.3 Å². The number of thioether (sulfide) groups is 1. The van der Waals surface area contributed by atoms with Gasteiger partial charge in [-0.05, 0) is 49.1 Å². The summed E-state index contributed by atoms with van der Waals surface area (Å²) in [6.07, 6.45) is 1.82. The van der Waals surface area contributed by atoms with Crippen LogP contribution in [0, 0.1) is 12.7 Å². The summed E-state index contributed by atoms with van der Waals surface area (Å²) in [7, 11) is 3.09. The Balaban J connectivity index is 1.60. The van der Waals surface area contributed by atoms with Gasteiger partial charge in [-0.1, -0.05) is 11.2 Å². The van der Waals surface area contributed by atoms with E-state index in [0.717, 1.165) is 5.56 Å². The average molecular weight is 499 g/mol. The largest absolute Gasteiger partial charge is 0.493 e. The van der Waals surface area contributed by atoms with Crippen molar-refractivity contribution in [3.8, 4) is 34.3 Å². The molecule has 0 saturated carbocycles. The lowest BCUT2D eigenvalue weighted by Crippen LogP contribution is -2.21. The smallest absolute Gasteiger partial charge is 0.264 e. The first-order valence-corrected chi connectivity index (χ1v) is 11.6. The van der Waals surface area contributed by atoms with Crippen LogP contribution in [-0.4, -0.2) is 46.3 Å². The first-order valence-electron chi connectivity index (χ1n) is 10.4. The Morgan fingerprint density at radius 1 is 1.20 bits per heavy atom. The maximum absolute atomic E-state index is 13.6. The third-order valence-corrected chi connectivity index (χ3v) is 5.87. The topological polar surface area (TPSA) is 130 Å². The SMILES string of the molecule is COc1ccc(-c2noc(-c3c(SC)nn(CC(=O)Nc4cc(F)ccc4C)c3N)n2)cc1OC. The van der Waals surface area contributed by atoms with Crippen LogP contribution < -0.4 is 20.5 Å². The number of hydrogen-bond donors (Lipinski definition) is 2. The van der Waals surface area contributed by atoms with Gasteiger partial charge in [0.15, 0.2) is 11.5 Å². The maximum Gasteiger partial charge on any atom is 0.264 e. The highest BCUT2D eigenvalue weighted by Gasteiger charge is 2.24. The quantitative estimate of drug-likeness (QED) is 0.346. The van der Waals surface area contributed by atoms with Gasteiger partial charge in [-0.15, -0.1) is 11.8 Å². The molecule has 2 aromatic carbocycles. The van der Waals surface area contributed by atoms with Crippen molar-refractivity contribution < 1.29 is 23.2 Å². The fourth-order valence-electron chi connectivity index (χ4n) is 3.39. The molecule has 0 aliphatic rings. The molecule has 35 heavy (non-hydrogen) atoms. The summed E-state index contributed by atoms with van der Waals surface area (Å²) in [5.74, 6) is 0.892. The third kappa shape index (κ3) is 4.92. The molecule has 0 radical (unpaired) electrons. The number of ether oxygens (including phenoxy) is 2. The third-order valence-electron chi connectivity index (χ3n) is 5.20. The number of nitrogens with zero attached hydrogens (tertiary/aromatic N) is 4. The normalized spacial score (nSPS) is 10.9. The number of nitrogens with one attached hydrogen (secondary N) is 1. The molecule has 10 nitrogen and oxygen atoms in total. The number of nitrogens with two attached hydrogens (primary N) is 1. The number of nitrogen functional groups attached to an aromatic ring is 1. The molecule has 182 valence electrons. The Morgan fingerprint density at radius 3 is 2.69 bits per heavy atom. The van der Waals surface area contributed by atoms with Gasteiger partial charge in [-0.2, -0.15) is 10.1 Å². The molecule has 0 saturated heterocycles. The summed E-state index contributed by atoms with van der Waals surface area (Å²) < 4.78 is 31.0. The van der Waals surface area contributed by atoms with Crippen LogP contribution in [0.2, 0.25) is 0 Å². The first kappa shape index (κ1) is 24.1. The minimum Gasteiger partial charge on any atom is -0.493 e. The van der Waals surface area contributed by atoms with Crippen LogP contribution in [0.5, 0.6) is 11.5 Å². The Bertz CT molecular complexity index is 1390. The number of halogens is 1. The fraction of sp³-hybridized carbons (Fsp3) is 0.217. The minimum absolute atomic E-state index is 0.157. The predicted octanol–water partition coefficient (Wildman–Crippen LogP) is 4.01. The molecular formula is C23H23FN6O4S. The molecule has 1 amide bonds. The van der Waals surface area contributed by atoms with Crippen LogP contribution in [0.15, 0.2) is 45.9 Å². The van der Waals surface area contributed by atoms with Crippen LogP contribution in [0.3, 0.4) is 0 Å². The number of methoxy groups -OCH3 is 2. The number of aromatic nitrogens is 4. The zero-order chi connectivity index (χ0) is 25.1. The van der Waals surface area contributed by atoms with Crippen molar-refractivity contribution in [2.24, 2.45) is 0 Å². The zero-order valence-corrected chi connectivity index (χ0v) is 20.3. The molecular weight excluding hydrogens is 475 g/mol. The lowest BCUT2D eigenvalue weighted by Gasteiger charge is -2.09. The summed E-state index contributed by atoms with van der Waals surface area (Å²) in [6, 6.07) is 9.41. The van der Waals surface area contributed by atoms with Gasteiger partial charge in [0.2, 0.25) is 11.7 Å². The lowest BCUT2D eigenvalue weighted by atomic mass is 10.2. The van der Waals surface area contributed by atoms with E-state index < -0.39 is 11.7 Å². The number of anilines is 2. The Morgan fingerprint density at radius 2 is 1.97 bits per heavy atom. The number of carbonyl (C=O) groups is 1. The zero-order valence-electron chi connectivity index (χ0n) is 19.5. The standard InChI is InChI=1S/C23H23FN6O4S/c1-12-5-7-14(24)10-15(12)26-18(31)11-30-20(25)19(23(28-30)35-4)22-27-21(29-34-22)13-6-8-16(32-2)17(9-13)33-3/h5-10H,11,25H2,1-4H3,(H,26,31). The van der Waals surface area contributed by atoms with E-state index in [1.807, 2.05) is 6.26 Å². The summed E-state index contributed by atoms with van der Waals surface area (Å²) in [6.45, 7) is 1.58. The number of hydrogen-bond acceptors (Lipinski definition) is 9. The van der Waals surface area contributed by atoms with Gasteiger partial charge in [-0.3, -0.25) is 4.79 Å². The van der Waals surface area contributed by atoms with Crippen molar-refractivity contribution in [3.63, 3.8) is 0 Å². The summed E-state index contributed by atoms with van der Waals surface area (Å²) in [5.41, 5.74) is 8.50. The molecule has 0 aliphatic heterocycles. The molecule has 0 spiro atoms. The molecule has 2 heterocycles. The van der Waals surface area contributed by atoms with E-state index in [1.54, 1.807) is 38.3 Å². The van der Waals surface area contributed by atoms with Gasteiger partial charge >= 0.3 is 0 Å². The van der Waals surface area contributed by atoms with Gasteiger partial charge in [0.1, 0.15) is 28.8 Å². The fourth-order valence-corrected chi connectivity index (χ4v) is 3.97. The Kier molecular flexibility index (Phi) is 6.92. The van der Waals surface area contributed by atoms with E-state index in [-0.39, 0.29) is 18.3 Å². The second-order valence-electron chi connectivity index (χ2n) is 7.43. The Labute approximate surface area is 204 Å². The molecule has 0 bridgehead atoms. The highest BCUT2D eigenvalue weighted by atomic mass is 32.2. The van der Waals surface area contributed by atoms with Crippen molar-refractivity contribution in [2.45, 2.75) is 18.5 Å². The molecule has 0 atom stereocenters. The van der Waals surface area contributed by atoms with E-state index in [9.17, 15) is 9.18 Å². The molecule has 4 aromatic rings. The van der Waals surface area contributed by atoms with Gasteiger partial charge < -0.3 is 25.0 Å². The number of amides is 1. The maximum atomic E-state index is 13.6. The van der Waals surface area contributed by atoms with Crippen LogP contribution in [0.4, 0.5) is 15.9 Å². The van der Waals surface area contributed by atoms with Crippen molar-refractivity contribution in [1.29, 1.82) is 0 Å². The predicted molar refractivity (Wildman–Crippen MR) is 130 cm³/mol. The molecule has 12 heteroatoms. The van der Waals surface area contributed by atoms with E-state index >= 15 is 0 Å². The number of rotatable bonds is 8. The monoisotopic (exact) mass is 498 g/mol. The van der Waals surface area contributed by atoms with Gasteiger partial charge in [-0.25, -0.2) is 9.07 Å². The van der Waals surface area contributed by atoms with Crippen LogP contribution in [0.25, 0.3) is 22.8 Å². The van der Waals surface area contributed by atoms with Crippen LogP contribution >= 0.6 is 11.8 Å². The van der Waals surface area contributed by atoms with Crippen molar-refractivity contribution in [2.75, 3.05) is 31.5 Å². The number of benzene rings is 2. The molecule has 0 unspecified atom stereocenters. The molecule has 2 aromatic heterocycles. The van der Waals surface area contributed by atoms with Crippen LogP contribution in [0.1, 0.15) is 5.56 Å². The summed E-state index contributed by atoms with van der Waals surface area (Å²) in [5, 5.41) is 11.7. The van der Waals surface area contributed by atoms with E-state index in [2.05, 4.69) is 20.6 Å². The minimum atomic E-state index is -0.446. The molecule has 4 rings (SSSR count). The second kappa shape index (κ2) is 10.1. The van der Waals surface area contributed by atoms with Crippen molar-refractivity contribution in [1.82, 2.24) is 19.9 Å². The van der Waals surface area contributed by atoms with Gasteiger partial charge in [0, 0.05) is 11.3 Å². The second-order valence-corrected chi connectivity index (χ2v) is 8.22. The van der Waals surface area contributed by atoms with Crippen molar-refractivity contribution >= 4 is 29.2 Å². The first-order chi connectivity index (χ1) is 16.8. The summed E-state index contributed by atoms with van der Waals surface area (Å²) >= 11 is 1.32.